The van der Waals surface area contributed by atoms with E-state index in [4.69, 9.17) is 0 Å². The smallest absolute Gasteiger partial charge is 0.268 e. The topological polar surface area (TPSA) is 50.3 Å². The summed E-state index contributed by atoms with van der Waals surface area (Å²) >= 11 is 1.21. The minimum atomic E-state index is -0.929. The normalized spacial score (nSPS) is 13.2. The minimum Gasteiger partial charge on any atom is -0.268 e. The Hall–Kier alpha value is -3.06. The SMILES string of the molecule is Cc1cc2c(c(SCc3ccc(F)c(F)c3)n1)C(=O)N(c1ccccc1)C2=O. The first-order chi connectivity index (χ1) is 13.5. The number of para-hydroxylation sites is 1. The monoisotopic (exact) mass is 396 g/mol. The molecule has 0 fully saturated rings. The number of benzene rings is 2. The zero-order valence-electron chi connectivity index (χ0n) is 14.8. The van der Waals surface area contributed by atoms with Gasteiger partial charge in [0.2, 0.25) is 0 Å². The van der Waals surface area contributed by atoms with Crippen LogP contribution in [0.15, 0.2) is 59.6 Å². The van der Waals surface area contributed by atoms with Crippen LogP contribution in [-0.4, -0.2) is 16.8 Å². The molecule has 2 heterocycles. The number of rotatable bonds is 4. The van der Waals surface area contributed by atoms with Crippen LogP contribution < -0.4 is 4.90 Å². The van der Waals surface area contributed by atoms with Gasteiger partial charge in [-0.3, -0.25) is 9.59 Å². The van der Waals surface area contributed by atoms with Gasteiger partial charge in [-0.15, -0.1) is 11.8 Å². The number of pyridine rings is 1. The Kier molecular flexibility index (Phi) is 4.68. The lowest BCUT2D eigenvalue weighted by Gasteiger charge is -2.13. The molecule has 0 saturated heterocycles. The largest absolute Gasteiger partial charge is 0.268 e. The fourth-order valence-corrected chi connectivity index (χ4v) is 4.07. The van der Waals surface area contributed by atoms with E-state index in [0.717, 1.165) is 17.0 Å². The lowest BCUT2D eigenvalue weighted by Crippen LogP contribution is -2.29. The van der Waals surface area contributed by atoms with Crippen molar-refractivity contribution in [1.29, 1.82) is 0 Å². The van der Waals surface area contributed by atoms with Gasteiger partial charge < -0.3 is 0 Å². The highest BCUT2D eigenvalue weighted by atomic mass is 32.2. The van der Waals surface area contributed by atoms with E-state index >= 15 is 0 Å². The summed E-state index contributed by atoms with van der Waals surface area (Å²) in [6.45, 7) is 1.74. The van der Waals surface area contributed by atoms with Crippen molar-refractivity contribution in [2.45, 2.75) is 17.7 Å². The number of fused-ring (bicyclic) bond motifs is 1. The van der Waals surface area contributed by atoms with Crippen molar-refractivity contribution >= 4 is 29.3 Å². The summed E-state index contributed by atoms with van der Waals surface area (Å²) in [5.74, 6) is -2.39. The van der Waals surface area contributed by atoms with Gasteiger partial charge in [-0.05, 0) is 42.8 Å². The molecule has 2 aromatic carbocycles. The van der Waals surface area contributed by atoms with Crippen molar-refractivity contribution in [3.63, 3.8) is 0 Å². The highest BCUT2D eigenvalue weighted by Crippen LogP contribution is 2.35. The lowest BCUT2D eigenvalue weighted by molar-refractivity contribution is 0.0925. The number of nitrogens with zero attached hydrogens (tertiary/aromatic N) is 2. The number of aryl methyl sites for hydroxylation is 1. The highest BCUT2D eigenvalue weighted by Gasteiger charge is 2.39. The van der Waals surface area contributed by atoms with Gasteiger partial charge >= 0.3 is 0 Å². The van der Waals surface area contributed by atoms with Crippen LogP contribution in [0.25, 0.3) is 0 Å². The van der Waals surface area contributed by atoms with Crippen LogP contribution in [0.5, 0.6) is 0 Å². The predicted molar refractivity (Wildman–Crippen MR) is 102 cm³/mol. The van der Waals surface area contributed by atoms with Crippen LogP contribution >= 0.6 is 11.8 Å². The van der Waals surface area contributed by atoms with Crippen LogP contribution in [0.4, 0.5) is 14.5 Å². The molecule has 0 radical (unpaired) electrons. The molecule has 0 unspecified atom stereocenters. The van der Waals surface area contributed by atoms with E-state index in [1.807, 2.05) is 0 Å². The summed E-state index contributed by atoms with van der Waals surface area (Å²) in [5, 5.41) is 0.400. The second-order valence-corrected chi connectivity index (χ2v) is 7.27. The van der Waals surface area contributed by atoms with Crippen molar-refractivity contribution in [2.75, 3.05) is 4.90 Å². The Balaban J connectivity index is 1.68. The number of aromatic nitrogens is 1. The van der Waals surface area contributed by atoms with Crippen molar-refractivity contribution in [3.8, 4) is 0 Å². The molecule has 7 heteroatoms. The second kappa shape index (κ2) is 7.16. The molecule has 1 aromatic heterocycles. The van der Waals surface area contributed by atoms with Gasteiger partial charge in [-0.2, -0.15) is 0 Å². The number of thioether (sulfide) groups is 1. The Morgan fingerprint density at radius 2 is 1.71 bits per heavy atom. The first kappa shape index (κ1) is 18.3. The maximum absolute atomic E-state index is 13.4. The summed E-state index contributed by atoms with van der Waals surface area (Å²) in [6.07, 6.45) is 0. The molecule has 3 aromatic rings. The van der Waals surface area contributed by atoms with Crippen molar-refractivity contribution in [1.82, 2.24) is 4.98 Å². The average Bonchev–Trinajstić information content (AvgIpc) is 2.93. The third-order valence-electron chi connectivity index (χ3n) is 4.34. The van der Waals surface area contributed by atoms with Gasteiger partial charge in [0.05, 0.1) is 16.8 Å². The fourth-order valence-electron chi connectivity index (χ4n) is 3.04. The van der Waals surface area contributed by atoms with Crippen LogP contribution in [0.1, 0.15) is 32.0 Å². The molecule has 140 valence electrons. The van der Waals surface area contributed by atoms with Crippen molar-refractivity contribution in [3.05, 3.63) is 88.6 Å². The summed E-state index contributed by atoms with van der Waals surface area (Å²) in [6, 6.07) is 13.9. The van der Waals surface area contributed by atoms with E-state index in [9.17, 15) is 18.4 Å². The van der Waals surface area contributed by atoms with E-state index in [0.29, 0.717) is 27.5 Å². The number of carbonyl (C=O) groups is 2. The van der Waals surface area contributed by atoms with E-state index in [1.165, 1.54) is 17.8 Å². The molecule has 4 rings (SSSR count). The van der Waals surface area contributed by atoms with Gasteiger partial charge in [-0.25, -0.2) is 18.7 Å². The molecule has 0 aliphatic carbocycles. The Morgan fingerprint density at radius 3 is 2.43 bits per heavy atom. The number of amides is 2. The van der Waals surface area contributed by atoms with Gasteiger partial charge in [-0.1, -0.05) is 24.3 Å². The van der Waals surface area contributed by atoms with Crippen LogP contribution in [0.2, 0.25) is 0 Å². The van der Waals surface area contributed by atoms with Crippen LogP contribution in [0, 0.1) is 18.6 Å². The van der Waals surface area contributed by atoms with Crippen molar-refractivity contribution < 1.29 is 18.4 Å². The Morgan fingerprint density at radius 1 is 0.964 bits per heavy atom. The van der Waals surface area contributed by atoms with Gasteiger partial charge in [0.15, 0.2) is 11.6 Å². The van der Waals surface area contributed by atoms with Crippen LogP contribution in [-0.2, 0) is 5.75 Å². The molecule has 4 nitrogen and oxygen atoms in total. The van der Waals surface area contributed by atoms with Gasteiger partial charge in [0, 0.05) is 11.4 Å². The number of halogens is 2. The molecule has 0 spiro atoms. The van der Waals surface area contributed by atoms with Gasteiger partial charge in [0.25, 0.3) is 11.8 Å². The number of carbonyl (C=O) groups excluding carboxylic acids is 2. The highest BCUT2D eigenvalue weighted by molar-refractivity contribution is 7.98. The summed E-state index contributed by atoms with van der Waals surface area (Å²) in [4.78, 5) is 31.4. The Labute approximate surface area is 164 Å². The van der Waals surface area contributed by atoms with E-state index in [-0.39, 0.29) is 11.3 Å². The number of hydrogen-bond acceptors (Lipinski definition) is 4. The first-order valence-corrected chi connectivity index (χ1v) is 9.46. The molecule has 2 amide bonds. The van der Waals surface area contributed by atoms with Crippen LogP contribution in [0.3, 0.4) is 0 Å². The molecule has 0 bridgehead atoms. The third kappa shape index (κ3) is 3.18. The van der Waals surface area contributed by atoms with E-state index in [1.54, 1.807) is 43.3 Å². The average molecular weight is 396 g/mol. The summed E-state index contributed by atoms with van der Waals surface area (Å²) < 4.78 is 26.5. The number of imide groups is 1. The molecule has 1 aliphatic rings. The summed E-state index contributed by atoms with van der Waals surface area (Å²) in [7, 11) is 0. The minimum absolute atomic E-state index is 0.243. The van der Waals surface area contributed by atoms with Gasteiger partial charge in [0.1, 0.15) is 5.03 Å². The molecular weight excluding hydrogens is 382 g/mol. The second-order valence-electron chi connectivity index (χ2n) is 6.31. The van der Waals surface area contributed by atoms with E-state index in [2.05, 4.69) is 4.98 Å². The number of anilines is 1. The number of hydrogen-bond donors (Lipinski definition) is 0. The Bertz CT molecular complexity index is 1100. The molecule has 0 saturated carbocycles. The van der Waals surface area contributed by atoms with Crippen molar-refractivity contribution in [2.24, 2.45) is 0 Å². The maximum atomic E-state index is 13.4. The molecular formula is C21H14F2N2O2S. The zero-order chi connectivity index (χ0) is 19.8. The third-order valence-corrected chi connectivity index (χ3v) is 5.39. The molecule has 0 atom stereocenters. The van der Waals surface area contributed by atoms with E-state index < -0.39 is 23.4 Å². The standard InChI is InChI=1S/C21H14F2N2O2S/c1-12-9-15-18(21(27)25(20(15)26)14-5-3-2-4-6-14)19(24-12)28-11-13-7-8-16(22)17(23)10-13/h2-10H,11H2,1H3. The molecule has 28 heavy (non-hydrogen) atoms. The molecule has 1 aliphatic heterocycles. The maximum Gasteiger partial charge on any atom is 0.268 e. The zero-order valence-corrected chi connectivity index (χ0v) is 15.6. The quantitative estimate of drug-likeness (QED) is 0.471. The predicted octanol–water partition coefficient (Wildman–Crippen LogP) is 4.76. The summed E-state index contributed by atoms with van der Waals surface area (Å²) in [5.41, 5.74) is 2.18. The fraction of sp³-hybridized carbons (Fsp3) is 0.0952. The first-order valence-electron chi connectivity index (χ1n) is 8.48. The molecule has 0 N–H and O–H groups in total. The lowest BCUT2D eigenvalue weighted by atomic mass is 10.1.